The Morgan fingerprint density at radius 2 is 1.95 bits per heavy atom. The highest BCUT2D eigenvalue weighted by Gasteiger charge is 2.21. The summed E-state index contributed by atoms with van der Waals surface area (Å²) in [5.41, 5.74) is 3.71. The Kier molecular flexibility index (Phi) is 5.85. The van der Waals surface area contributed by atoms with Crippen LogP contribution in [-0.2, 0) is 6.42 Å². The third-order valence-electron chi connectivity index (χ3n) is 4.01. The van der Waals surface area contributed by atoms with Crippen molar-refractivity contribution in [2.24, 2.45) is 5.92 Å². The molecule has 3 nitrogen and oxygen atoms in total. The number of rotatable bonds is 5. The van der Waals surface area contributed by atoms with Crippen molar-refractivity contribution >= 4 is 11.8 Å². The van der Waals surface area contributed by atoms with Crippen molar-refractivity contribution in [3.8, 4) is 0 Å². The summed E-state index contributed by atoms with van der Waals surface area (Å²) in [6, 6.07) is 0. The molecule has 1 aliphatic heterocycles. The van der Waals surface area contributed by atoms with Gasteiger partial charge in [0.05, 0.1) is 5.25 Å². The first-order valence-electron chi connectivity index (χ1n) is 7.72. The lowest BCUT2D eigenvalue weighted by Gasteiger charge is -2.22. The average Bonchev–Trinajstić information content (AvgIpc) is 2.44. The average molecular weight is 293 g/mol. The van der Waals surface area contributed by atoms with Gasteiger partial charge in [0.25, 0.3) is 0 Å². The molecule has 0 bridgehead atoms. The molecule has 0 amide bonds. The second-order valence-corrected chi connectivity index (χ2v) is 7.26. The fourth-order valence-corrected chi connectivity index (χ4v) is 4.16. The van der Waals surface area contributed by atoms with Crippen LogP contribution in [0.4, 0.5) is 0 Å². The fraction of sp³-hybridized carbons (Fsp3) is 0.750. The van der Waals surface area contributed by atoms with Crippen LogP contribution in [0.25, 0.3) is 0 Å². The van der Waals surface area contributed by atoms with Gasteiger partial charge in [0.15, 0.2) is 0 Å². The van der Waals surface area contributed by atoms with Crippen molar-refractivity contribution in [1.82, 2.24) is 15.3 Å². The van der Waals surface area contributed by atoms with Gasteiger partial charge in [0.1, 0.15) is 5.82 Å². The minimum atomic E-state index is 0.518. The van der Waals surface area contributed by atoms with Gasteiger partial charge in [-0.05, 0) is 63.9 Å². The van der Waals surface area contributed by atoms with Crippen molar-refractivity contribution in [3.05, 3.63) is 22.8 Å². The molecule has 1 aromatic heterocycles. The lowest BCUT2D eigenvalue weighted by Crippen LogP contribution is -2.20. The lowest BCUT2D eigenvalue weighted by atomic mass is 9.98. The van der Waals surface area contributed by atoms with Crippen LogP contribution in [0, 0.1) is 19.8 Å². The molecule has 0 aromatic carbocycles. The molecule has 2 atom stereocenters. The molecular weight excluding hydrogens is 266 g/mol. The van der Waals surface area contributed by atoms with Crippen molar-refractivity contribution in [2.45, 2.75) is 51.7 Å². The molecule has 1 aliphatic rings. The monoisotopic (exact) mass is 293 g/mol. The molecule has 0 aliphatic carbocycles. The van der Waals surface area contributed by atoms with Gasteiger partial charge in [-0.3, -0.25) is 0 Å². The van der Waals surface area contributed by atoms with E-state index in [0.29, 0.717) is 11.2 Å². The van der Waals surface area contributed by atoms with E-state index in [1.54, 1.807) is 0 Å². The van der Waals surface area contributed by atoms with Gasteiger partial charge in [-0.25, -0.2) is 9.97 Å². The topological polar surface area (TPSA) is 37.8 Å². The molecule has 1 aromatic rings. The molecule has 1 N–H and O–H groups in total. The Hall–Kier alpha value is -0.610. The molecule has 0 spiro atoms. The third-order valence-corrected chi connectivity index (χ3v) is 5.38. The second kappa shape index (κ2) is 7.41. The molecule has 2 heterocycles. The van der Waals surface area contributed by atoms with E-state index in [2.05, 4.69) is 26.1 Å². The molecule has 20 heavy (non-hydrogen) atoms. The highest BCUT2D eigenvalue weighted by atomic mass is 32.2. The summed E-state index contributed by atoms with van der Waals surface area (Å²) in [5, 5.41) is 3.76. The van der Waals surface area contributed by atoms with Crippen molar-refractivity contribution < 1.29 is 0 Å². The maximum absolute atomic E-state index is 4.82. The van der Waals surface area contributed by atoms with Crippen LogP contribution >= 0.6 is 11.8 Å². The molecular formula is C16H27N3S. The van der Waals surface area contributed by atoms with Crippen LogP contribution in [0.5, 0.6) is 0 Å². The van der Waals surface area contributed by atoms with Crippen LogP contribution in [-0.4, -0.2) is 29.3 Å². The normalized spacial score (nSPS) is 20.9. The lowest BCUT2D eigenvalue weighted by molar-refractivity contribution is 0.535. The standard InChI is InChI=1S/C16H27N3S/c1-11(10-17-4)9-14-12(2)18-16(19-13(14)3)15-7-5-6-8-20-15/h11,15,17H,5-10H2,1-4H3. The first-order valence-corrected chi connectivity index (χ1v) is 8.77. The summed E-state index contributed by atoms with van der Waals surface area (Å²) < 4.78 is 0. The minimum Gasteiger partial charge on any atom is -0.319 e. The smallest absolute Gasteiger partial charge is 0.141 e. The largest absolute Gasteiger partial charge is 0.319 e. The summed E-state index contributed by atoms with van der Waals surface area (Å²) in [5.74, 6) is 2.94. The Balaban J connectivity index is 2.15. The van der Waals surface area contributed by atoms with Crippen molar-refractivity contribution in [2.75, 3.05) is 19.3 Å². The highest BCUT2D eigenvalue weighted by molar-refractivity contribution is 7.99. The molecule has 2 rings (SSSR count). The molecule has 112 valence electrons. The predicted molar refractivity (Wildman–Crippen MR) is 87.4 cm³/mol. The summed E-state index contributed by atoms with van der Waals surface area (Å²) in [7, 11) is 2.01. The maximum Gasteiger partial charge on any atom is 0.141 e. The van der Waals surface area contributed by atoms with Gasteiger partial charge in [0, 0.05) is 11.4 Å². The molecule has 2 unspecified atom stereocenters. The van der Waals surface area contributed by atoms with Gasteiger partial charge >= 0.3 is 0 Å². The SMILES string of the molecule is CNCC(C)Cc1c(C)nc(C2CCCCS2)nc1C. The van der Waals surface area contributed by atoms with Crippen LogP contribution in [0.1, 0.15) is 54.2 Å². The Bertz CT molecular complexity index is 418. The van der Waals surface area contributed by atoms with Gasteiger partial charge in [-0.1, -0.05) is 13.3 Å². The van der Waals surface area contributed by atoms with Crippen LogP contribution < -0.4 is 5.32 Å². The van der Waals surface area contributed by atoms with Crippen LogP contribution in [0.3, 0.4) is 0 Å². The third kappa shape index (κ3) is 3.95. The Morgan fingerprint density at radius 1 is 1.25 bits per heavy atom. The first kappa shape index (κ1) is 15.8. The number of nitrogens with one attached hydrogen (secondary N) is 1. The van der Waals surface area contributed by atoms with E-state index >= 15 is 0 Å². The van der Waals surface area contributed by atoms with E-state index in [9.17, 15) is 0 Å². The Labute approximate surface area is 127 Å². The second-order valence-electron chi connectivity index (χ2n) is 5.95. The van der Waals surface area contributed by atoms with Gasteiger partial charge in [-0.15, -0.1) is 0 Å². The number of aromatic nitrogens is 2. The summed E-state index contributed by atoms with van der Waals surface area (Å²) in [4.78, 5) is 9.64. The number of thioether (sulfide) groups is 1. The number of nitrogens with zero attached hydrogens (tertiary/aromatic N) is 2. The zero-order valence-corrected chi connectivity index (χ0v) is 14.0. The van der Waals surface area contributed by atoms with E-state index in [0.717, 1.165) is 18.8 Å². The van der Waals surface area contributed by atoms with E-state index in [1.807, 2.05) is 18.8 Å². The van der Waals surface area contributed by atoms with E-state index < -0.39 is 0 Å². The van der Waals surface area contributed by atoms with Gasteiger partial charge in [-0.2, -0.15) is 11.8 Å². The zero-order valence-electron chi connectivity index (χ0n) is 13.2. The van der Waals surface area contributed by atoms with E-state index in [4.69, 9.17) is 9.97 Å². The highest BCUT2D eigenvalue weighted by Crippen LogP contribution is 2.37. The van der Waals surface area contributed by atoms with Crippen LogP contribution in [0.15, 0.2) is 0 Å². The summed E-state index contributed by atoms with van der Waals surface area (Å²) >= 11 is 2.03. The Morgan fingerprint density at radius 3 is 2.50 bits per heavy atom. The number of hydrogen-bond acceptors (Lipinski definition) is 4. The van der Waals surface area contributed by atoms with E-state index in [1.165, 1.54) is 42.0 Å². The molecule has 0 radical (unpaired) electrons. The number of hydrogen-bond donors (Lipinski definition) is 1. The van der Waals surface area contributed by atoms with Gasteiger partial charge in [0.2, 0.25) is 0 Å². The van der Waals surface area contributed by atoms with Crippen molar-refractivity contribution in [3.63, 3.8) is 0 Å². The van der Waals surface area contributed by atoms with E-state index in [-0.39, 0.29) is 0 Å². The fourth-order valence-electron chi connectivity index (χ4n) is 2.92. The summed E-state index contributed by atoms with van der Waals surface area (Å²) in [6.45, 7) is 7.61. The summed E-state index contributed by atoms with van der Waals surface area (Å²) in [6.07, 6.45) is 4.97. The predicted octanol–water partition coefficient (Wildman–Crippen LogP) is 3.45. The quantitative estimate of drug-likeness (QED) is 0.902. The molecule has 0 saturated carbocycles. The maximum atomic E-state index is 4.82. The minimum absolute atomic E-state index is 0.518. The molecule has 1 fully saturated rings. The van der Waals surface area contributed by atoms with Crippen LogP contribution in [0.2, 0.25) is 0 Å². The van der Waals surface area contributed by atoms with Gasteiger partial charge < -0.3 is 5.32 Å². The molecule has 4 heteroatoms. The van der Waals surface area contributed by atoms with Crippen molar-refractivity contribution in [1.29, 1.82) is 0 Å². The zero-order chi connectivity index (χ0) is 14.5. The first-order chi connectivity index (χ1) is 9.61. The number of aryl methyl sites for hydroxylation is 2. The molecule has 1 saturated heterocycles.